The molecule has 2 aromatic rings. The number of hydrogen-bond donors (Lipinski definition) is 2. The summed E-state index contributed by atoms with van der Waals surface area (Å²) in [6.45, 7) is 0. The number of aromatic nitrogens is 1. The second-order valence-electron chi connectivity index (χ2n) is 3.54. The summed E-state index contributed by atoms with van der Waals surface area (Å²) in [7, 11) is 0. The Kier molecular flexibility index (Phi) is 4.16. The molecule has 0 saturated heterocycles. The van der Waals surface area contributed by atoms with Crippen molar-refractivity contribution >= 4 is 45.3 Å². The van der Waals surface area contributed by atoms with Crippen LogP contribution in [0, 0.1) is 0 Å². The first kappa shape index (κ1) is 12.8. The molecule has 0 unspecified atom stereocenters. The van der Waals surface area contributed by atoms with Gasteiger partial charge in [0.15, 0.2) is 4.34 Å². The lowest BCUT2D eigenvalue weighted by Crippen LogP contribution is -2.19. The molecule has 1 aromatic carbocycles. The number of nitrogens with zero attached hydrogens (tertiary/aromatic N) is 1. The molecule has 0 aliphatic heterocycles. The maximum Gasteiger partial charge on any atom is 0.230 e. The van der Waals surface area contributed by atoms with E-state index < -0.39 is 5.91 Å². The fraction of sp³-hybridized carbons (Fsp3) is 0.182. The van der Waals surface area contributed by atoms with Crippen LogP contribution < -0.4 is 10.5 Å². The van der Waals surface area contributed by atoms with Gasteiger partial charge in [0.2, 0.25) is 11.8 Å². The summed E-state index contributed by atoms with van der Waals surface area (Å²) in [6.07, 6.45) is 0.166. The van der Waals surface area contributed by atoms with Crippen LogP contribution in [0.2, 0.25) is 0 Å². The minimum Gasteiger partial charge on any atom is -0.370 e. The van der Waals surface area contributed by atoms with Gasteiger partial charge in [0.25, 0.3) is 0 Å². The van der Waals surface area contributed by atoms with E-state index in [0.29, 0.717) is 0 Å². The third-order valence-corrected chi connectivity index (χ3v) is 4.05. The topological polar surface area (TPSA) is 85.1 Å². The lowest BCUT2D eigenvalue weighted by Gasteiger charge is -1.99. The summed E-state index contributed by atoms with van der Waals surface area (Å²) in [5.41, 5.74) is 5.88. The summed E-state index contributed by atoms with van der Waals surface area (Å²) in [6, 6.07) is 7.76. The smallest absolute Gasteiger partial charge is 0.230 e. The number of carbonyl (C=O) groups excluding carboxylic acids is 2. The van der Waals surface area contributed by atoms with Crippen molar-refractivity contribution < 1.29 is 9.59 Å². The lowest BCUT2D eigenvalue weighted by molar-refractivity contribution is -0.123. The molecular formula is C11H11N3O2S2. The molecule has 2 rings (SSSR count). The Morgan fingerprint density at radius 3 is 2.83 bits per heavy atom. The second-order valence-corrected chi connectivity index (χ2v) is 5.63. The van der Waals surface area contributed by atoms with Crippen LogP contribution in [-0.4, -0.2) is 16.8 Å². The molecule has 0 fully saturated rings. The molecule has 18 heavy (non-hydrogen) atoms. The van der Waals surface area contributed by atoms with Crippen molar-refractivity contribution in [2.45, 2.75) is 17.2 Å². The van der Waals surface area contributed by atoms with Crippen LogP contribution in [0.1, 0.15) is 12.8 Å². The van der Waals surface area contributed by atoms with Crippen molar-refractivity contribution in [2.75, 3.05) is 0 Å². The lowest BCUT2D eigenvalue weighted by atomic mass is 10.3. The highest BCUT2D eigenvalue weighted by atomic mass is 32.2. The van der Waals surface area contributed by atoms with Gasteiger partial charge >= 0.3 is 0 Å². The van der Waals surface area contributed by atoms with Gasteiger partial charge in [0, 0.05) is 24.8 Å². The second kappa shape index (κ2) is 5.83. The quantitative estimate of drug-likeness (QED) is 0.817. The maximum atomic E-state index is 11.4. The number of para-hydroxylation sites is 1. The minimum atomic E-state index is -0.477. The van der Waals surface area contributed by atoms with Gasteiger partial charge in [-0.1, -0.05) is 12.1 Å². The molecule has 0 atom stereocenters. The van der Waals surface area contributed by atoms with E-state index in [9.17, 15) is 9.59 Å². The third-order valence-electron chi connectivity index (χ3n) is 2.12. The Labute approximate surface area is 112 Å². The zero-order valence-electron chi connectivity index (χ0n) is 9.38. The number of thiazole rings is 1. The monoisotopic (exact) mass is 281 g/mol. The molecule has 2 amide bonds. The molecule has 0 radical (unpaired) electrons. The van der Waals surface area contributed by atoms with Crippen molar-refractivity contribution in [1.29, 1.82) is 0 Å². The average Bonchev–Trinajstić information content (AvgIpc) is 2.76. The predicted octanol–water partition coefficient (Wildman–Crippen LogP) is 1.69. The van der Waals surface area contributed by atoms with Crippen molar-refractivity contribution in [1.82, 2.24) is 9.71 Å². The number of nitrogens with one attached hydrogen (secondary N) is 1. The van der Waals surface area contributed by atoms with Crippen LogP contribution >= 0.6 is 23.3 Å². The van der Waals surface area contributed by atoms with Gasteiger partial charge in [-0.2, -0.15) is 0 Å². The van der Waals surface area contributed by atoms with E-state index >= 15 is 0 Å². The molecule has 1 aromatic heterocycles. The van der Waals surface area contributed by atoms with Gasteiger partial charge < -0.3 is 5.73 Å². The molecule has 0 aliphatic rings. The van der Waals surface area contributed by atoms with E-state index in [1.54, 1.807) is 0 Å². The molecule has 1 heterocycles. The van der Waals surface area contributed by atoms with Gasteiger partial charge in [0.1, 0.15) is 0 Å². The van der Waals surface area contributed by atoms with E-state index in [4.69, 9.17) is 5.73 Å². The molecule has 0 saturated carbocycles. The molecule has 3 N–H and O–H groups in total. The third kappa shape index (κ3) is 3.44. The molecule has 94 valence electrons. The standard InChI is InChI=1S/C11H11N3O2S2/c12-9(15)5-6-10(16)14-18-11-13-7-3-1-2-4-8(7)17-11/h1-4H,5-6H2,(H2,12,15)(H,14,16). The first-order valence-corrected chi connectivity index (χ1v) is 6.88. The normalized spacial score (nSPS) is 10.4. The van der Waals surface area contributed by atoms with Crippen molar-refractivity contribution in [2.24, 2.45) is 5.73 Å². The van der Waals surface area contributed by atoms with Crippen LogP contribution in [0.25, 0.3) is 10.2 Å². The molecule has 0 bridgehead atoms. The number of amides is 2. The van der Waals surface area contributed by atoms with Crippen LogP contribution in [0.3, 0.4) is 0 Å². The van der Waals surface area contributed by atoms with E-state index in [1.807, 2.05) is 24.3 Å². The van der Waals surface area contributed by atoms with E-state index in [0.717, 1.165) is 26.5 Å². The highest BCUT2D eigenvalue weighted by molar-refractivity contribution is 7.99. The van der Waals surface area contributed by atoms with Gasteiger partial charge in [-0.05, 0) is 12.1 Å². The van der Waals surface area contributed by atoms with E-state index in [2.05, 4.69) is 9.71 Å². The summed E-state index contributed by atoms with van der Waals surface area (Å²) in [5, 5.41) is 0. The number of fused-ring (bicyclic) bond motifs is 1. The number of rotatable bonds is 5. The summed E-state index contributed by atoms with van der Waals surface area (Å²) >= 11 is 2.67. The number of nitrogens with two attached hydrogens (primary N) is 1. The summed E-state index contributed by atoms with van der Waals surface area (Å²) < 4.78 is 4.48. The Balaban J connectivity index is 1.90. The van der Waals surface area contributed by atoms with Gasteiger partial charge in [-0.25, -0.2) is 4.98 Å². The van der Waals surface area contributed by atoms with Crippen molar-refractivity contribution in [3.63, 3.8) is 0 Å². The van der Waals surface area contributed by atoms with Crippen molar-refractivity contribution in [3.8, 4) is 0 Å². The Bertz CT molecular complexity index is 549. The molecule has 7 heteroatoms. The van der Waals surface area contributed by atoms with Crippen molar-refractivity contribution in [3.05, 3.63) is 24.3 Å². The Morgan fingerprint density at radius 1 is 1.33 bits per heavy atom. The van der Waals surface area contributed by atoms with Gasteiger partial charge in [0.05, 0.1) is 10.2 Å². The minimum absolute atomic E-state index is 0.0617. The molecular weight excluding hydrogens is 270 g/mol. The zero-order valence-corrected chi connectivity index (χ0v) is 11.0. The van der Waals surface area contributed by atoms with E-state index in [-0.39, 0.29) is 18.7 Å². The highest BCUT2D eigenvalue weighted by Crippen LogP contribution is 2.27. The molecule has 5 nitrogen and oxygen atoms in total. The molecule has 0 aliphatic carbocycles. The fourth-order valence-corrected chi connectivity index (χ4v) is 2.99. The van der Waals surface area contributed by atoms with Gasteiger partial charge in [-0.3, -0.25) is 14.3 Å². The number of hydrogen-bond acceptors (Lipinski definition) is 5. The average molecular weight is 281 g/mol. The SMILES string of the molecule is NC(=O)CCC(=O)NSc1nc2ccccc2s1. The van der Waals surface area contributed by atoms with Crippen LogP contribution in [0.15, 0.2) is 28.6 Å². The maximum absolute atomic E-state index is 11.4. The Hall–Kier alpha value is -1.60. The van der Waals surface area contributed by atoms with E-state index in [1.165, 1.54) is 11.3 Å². The first-order chi connectivity index (χ1) is 8.65. The predicted molar refractivity (Wildman–Crippen MR) is 72.0 cm³/mol. The first-order valence-electron chi connectivity index (χ1n) is 5.25. The fourth-order valence-electron chi connectivity index (χ4n) is 1.28. The molecule has 0 spiro atoms. The largest absolute Gasteiger partial charge is 0.370 e. The zero-order chi connectivity index (χ0) is 13.0. The number of carbonyl (C=O) groups is 2. The number of benzene rings is 1. The van der Waals surface area contributed by atoms with Crippen LogP contribution in [0.4, 0.5) is 0 Å². The van der Waals surface area contributed by atoms with Gasteiger partial charge in [-0.15, -0.1) is 11.3 Å². The number of primary amides is 1. The summed E-state index contributed by atoms with van der Waals surface area (Å²) in [4.78, 5) is 26.2. The highest BCUT2D eigenvalue weighted by Gasteiger charge is 2.07. The van der Waals surface area contributed by atoms with Crippen LogP contribution in [-0.2, 0) is 9.59 Å². The summed E-state index contributed by atoms with van der Waals surface area (Å²) in [5.74, 6) is -0.701. The van der Waals surface area contributed by atoms with Crippen LogP contribution in [0.5, 0.6) is 0 Å². The Morgan fingerprint density at radius 2 is 2.11 bits per heavy atom.